The number of aromatic hydroxyl groups is 1. The maximum atomic E-state index is 12.0. The molecular formula is C18H21NO3. The third-order valence-corrected chi connectivity index (χ3v) is 3.63. The Kier molecular flexibility index (Phi) is 5.17. The summed E-state index contributed by atoms with van der Waals surface area (Å²) in [6.07, 6.45) is 0.394. The molecule has 0 unspecified atom stereocenters. The first-order valence-electron chi connectivity index (χ1n) is 7.22. The number of esters is 1. The summed E-state index contributed by atoms with van der Waals surface area (Å²) in [6, 6.07) is 12.1. The number of carbonyl (C=O) groups is 1. The molecule has 3 N–H and O–H groups in total. The number of phenolic OH excluding ortho intramolecular Hbond substituents is 1. The molecule has 2 rings (SSSR count). The highest BCUT2D eigenvalue weighted by Crippen LogP contribution is 2.22. The van der Waals surface area contributed by atoms with E-state index in [2.05, 4.69) is 0 Å². The van der Waals surface area contributed by atoms with Crippen LogP contribution in [0.3, 0.4) is 0 Å². The number of rotatable bonds is 5. The van der Waals surface area contributed by atoms with Gasteiger partial charge in [-0.05, 0) is 54.7 Å². The molecule has 0 aliphatic rings. The van der Waals surface area contributed by atoms with Crippen LogP contribution in [0.4, 0.5) is 0 Å². The van der Waals surface area contributed by atoms with Crippen molar-refractivity contribution in [1.82, 2.24) is 0 Å². The zero-order valence-electron chi connectivity index (χ0n) is 12.9. The molecule has 0 saturated heterocycles. The molecular weight excluding hydrogens is 278 g/mol. The highest BCUT2D eigenvalue weighted by Gasteiger charge is 2.18. The number of phenols is 1. The van der Waals surface area contributed by atoms with E-state index in [0.717, 1.165) is 22.3 Å². The molecule has 0 amide bonds. The van der Waals surface area contributed by atoms with E-state index in [4.69, 9.17) is 10.5 Å². The van der Waals surface area contributed by atoms with Crippen molar-refractivity contribution in [3.63, 3.8) is 0 Å². The molecule has 0 fully saturated rings. The lowest BCUT2D eigenvalue weighted by Crippen LogP contribution is -2.34. The van der Waals surface area contributed by atoms with E-state index in [1.54, 1.807) is 12.1 Å². The lowest BCUT2D eigenvalue weighted by molar-refractivity contribution is -0.146. The smallest absolute Gasteiger partial charge is 0.323 e. The van der Waals surface area contributed by atoms with E-state index in [9.17, 15) is 9.90 Å². The van der Waals surface area contributed by atoms with Gasteiger partial charge in [-0.15, -0.1) is 0 Å². The predicted molar refractivity (Wildman–Crippen MR) is 85.5 cm³/mol. The monoisotopic (exact) mass is 299 g/mol. The molecule has 0 aliphatic carbocycles. The van der Waals surface area contributed by atoms with Crippen LogP contribution in [-0.2, 0) is 22.6 Å². The Morgan fingerprint density at radius 3 is 2.36 bits per heavy atom. The number of hydrogen-bond acceptors (Lipinski definition) is 4. The molecule has 0 radical (unpaired) electrons. The van der Waals surface area contributed by atoms with Gasteiger partial charge < -0.3 is 15.6 Å². The number of carbonyl (C=O) groups excluding carboxylic acids is 1. The van der Waals surface area contributed by atoms with Gasteiger partial charge in [0.15, 0.2) is 0 Å². The van der Waals surface area contributed by atoms with E-state index in [1.165, 1.54) is 0 Å². The minimum atomic E-state index is -0.717. The molecule has 2 aromatic carbocycles. The molecule has 0 aromatic heterocycles. The molecule has 4 heteroatoms. The van der Waals surface area contributed by atoms with Crippen LogP contribution >= 0.6 is 0 Å². The Labute approximate surface area is 130 Å². The first-order chi connectivity index (χ1) is 10.5. The summed E-state index contributed by atoms with van der Waals surface area (Å²) in [5, 5.41) is 9.55. The van der Waals surface area contributed by atoms with Gasteiger partial charge in [0.2, 0.25) is 0 Å². The second kappa shape index (κ2) is 7.09. The first kappa shape index (κ1) is 16.0. The first-order valence-corrected chi connectivity index (χ1v) is 7.22. The molecule has 0 bridgehead atoms. The summed E-state index contributed by atoms with van der Waals surface area (Å²) in [7, 11) is 0. The van der Waals surface area contributed by atoms with Gasteiger partial charge >= 0.3 is 5.97 Å². The van der Waals surface area contributed by atoms with Crippen molar-refractivity contribution in [3.8, 4) is 5.75 Å². The predicted octanol–water partition coefficient (Wildman–Crippen LogP) is 2.62. The summed E-state index contributed by atoms with van der Waals surface area (Å²) in [5.74, 6) is -0.199. The largest absolute Gasteiger partial charge is 0.508 e. The van der Waals surface area contributed by atoms with Crippen LogP contribution in [0, 0.1) is 13.8 Å². The number of nitrogens with two attached hydrogens (primary N) is 1. The second-order valence-corrected chi connectivity index (χ2v) is 5.46. The SMILES string of the molecule is Cc1cc(O)cc(C)c1C[C@H](N)C(=O)OCc1ccccc1. The van der Waals surface area contributed by atoms with Gasteiger partial charge in [-0.2, -0.15) is 0 Å². The summed E-state index contributed by atoms with van der Waals surface area (Å²) in [5.41, 5.74) is 9.70. The van der Waals surface area contributed by atoms with Crippen molar-refractivity contribution >= 4 is 5.97 Å². The van der Waals surface area contributed by atoms with Crippen LogP contribution in [0.15, 0.2) is 42.5 Å². The molecule has 22 heavy (non-hydrogen) atoms. The maximum absolute atomic E-state index is 12.0. The van der Waals surface area contributed by atoms with E-state index < -0.39 is 12.0 Å². The van der Waals surface area contributed by atoms with Crippen LogP contribution < -0.4 is 5.73 Å². The van der Waals surface area contributed by atoms with Crippen molar-refractivity contribution in [2.45, 2.75) is 32.9 Å². The lowest BCUT2D eigenvalue weighted by atomic mass is 9.96. The topological polar surface area (TPSA) is 72.5 Å². The quantitative estimate of drug-likeness (QED) is 0.832. The average molecular weight is 299 g/mol. The summed E-state index contributed by atoms with van der Waals surface area (Å²) < 4.78 is 5.25. The summed E-state index contributed by atoms with van der Waals surface area (Å²) >= 11 is 0. The summed E-state index contributed by atoms with van der Waals surface area (Å²) in [4.78, 5) is 12.0. The number of hydrogen-bond donors (Lipinski definition) is 2. The van der Waals surface area contributed by atoms with Gasteiger partial charge in [-0.3, -0.25) is 4.79 Å². The highest BCUT2D eigenvalue weighted by atomic mass is 16.5. The van der Waals surface area contributed by atoms with Gasteiger partial charge in [0, 0.05) is 0 Å². The fraction of sp³-hybridized carbons (Fsp3) is 0.278. The van der Waals surface area contributed by atoms with Crippen LogP contribution in [0.1, 0.15) is 22.3 Å². The van der Waals surface area contributed by atoms with E-state index in [-0.39, 0.29) is 12.4 Å². The van der Waals surface area contributed by atoms with Crippen molar-refractivity contribution < 1.29 is 14.6 Å². The zero-order valence-corrected chi connectivity index (χ0v) is 12.9. The zero-order chi connectivity index (χ0) is 16.1. The van der Waals surface area contributed by atoms with Gasteiger partial charge in [-0.1, -0.05) is 30.3 Å². The Morgan fingerprint density at radius 1 is 1.18 bits per heavy atom. The fourth-order valence-corrected chi connectivity index (χ4v) is 2.43. The normalized spacial score (nSPS) is 12.0. The van der Waals surface area contributed by atoms with Crippen molar-refractivity contribution in [2.24, 2.45) is 5.73 Å². The number of aryl methyl sites for hydroxylation is 2. The molecule has 2 aromatic rings. The minimum absolute atomic E-state index is 0.221. The molecule has 4 nitrogen and oxygen atoms in total. The fourth-order valence-electron chi connectivity index (χ4n) is 2.43. The van der Waals surface area contributed by atoms with Crippen molar-refractivity contribution in [1.29, 1.82) is 0 Å². The van der Waals surface area contributed by atoms with Crippen LogP contribution in [0.5, 0.6) is 5.75 Å². The Morgan fingerprint density at radius 2 is 1.77 bits per heavy atom. The third-order valence-electron chi connectivity index (χ3n) is 3.63. The standard InChI is InChI=1S/C18H21NO3/c1-12-8-15(20)9-13(2)16(12)10-17(19)18(21)22-11-14-6-4-3-5-7-14/h3-9,17,20H,10-11,19H2,1-2H3/t17-/m0/s1. The molecule has 1 atom stereocenters. The van der Waals surface area contributed by atoms with Crippen LogP contribution in [-0.4, -0.2) is 17.1 Å². The van der Waals surface area contributed by atoms with Crippen molar-refractivity contribution in [2.75, 3.05) is 0 Å². The van der Waals surface area contributed by atoms with Gasteiger partial charge in [0.25, 0.3) is 0 Å². The molecule has 0 spiro atoms. The number of benzene rings is 2. The number of ether oxygens (including phenoxy) is 1. The van der Waals surface area contributed by atoms with Crippen LogP contribution in [0.2, 0.25) is 0 Å². The minimum Gasteiger partial charge on any atom is -0.508 e. The summed E-state index contributed by atoms with van der Waals surface area (Å²) in [6.45, 7) is 4.01. The highest BCUT2D eigenvalue weighted by molar-refractivity contribution is 5.76. The van der Waals surface area contributed by atoms with Crippen molar-refractivity contribution in [3.05, 3.63) is 64.7 Å². The lowest BCUT2D eigenvalue weighted by Gasteiger charge is -2.15. The third kappa shape index (κ3) is 4.09. The van der Waals surface area contributed by atoms with E-state index in [0.29, 0.717) is 6.42 Å². The van der Waals surface area contributed by atoms with Gasteiger partial charge in [-0.25, -0.2) is 0 Å². The van der Waals surface area contributed by atoms with E-state index >= 15 is 0 Å². The molecule has 0 aliphatic heterocycles. The Balaban J connectivity index is 1.97. The maximum Gasteiger partial charge on any atom is 0.323 e. The van der Waals surface area contributed by atoms with Gasteiger partial charge in [0.05, 0.1) is 0 Å². The van der Waals surface area contributed by atoms with E-state index in [1.807, 2.05) is 44.2 Å². The Bertz CT molecular complexity index is 630. The molecule has 116 valence electrons. The molecule has 0 saturated carbocycles. The average Bonchev–Trinajstić information content (AvgIpc) is 2.49. The van der Waals surface area contributed by atoms with Gasteiger partial charge in [0.1, 0.15) is 18.4 Å². The molecule has 0 heterocycles. The Hall–Kier alpha value is -2.33. The van der Waals surface area contributed by atoms with Crippen LogP contribution in [0.25, 0.3) is 0 Å². The second-order valence-electron chi connectivity index (χ2n) is 5.46.